The molecule has 21 heavy (non-hydrogen) atoms. The summed E-state index contributed by atoms with van der Waals surface area (Å²) in [7, 11) is 0. The molecule has 0 saturated heterocycles. The standard InChI is InChI=1S/C15H12N4O2/c1-10-13-4-2-3-5-14(13)16-15(10)18-17-11-6-8-12(9-7-11)19(20)21/h2-9,16H,1H3. The summed E-state index contributed by atoms with van der Waals surface area (Å²) in [6, 6.07) is 13.9. The maximum Gasteiger partial charge on any atom is 0.269 e. The zero-order valence-corrected chi connectivity index (χ0v) is 11.3. The minimum absolute atomic E-state index is 0.0377. The molecular weight excluding hydrogens is 268 g/mol. The van der Waals surface area contributed by atoms with Gasteiger partial charge in [0.2, 0.25) is 0 Å². The molecule has 0 aliphatic heterocycles. The first-order valence-electron chi connectivity index (χ1n) is 6.38. The highest BCUT2D eigenvalue weighted by molar-refractivity contribution is 5.87. The van der Waals surface area contributed by atoms with Gasteiger partial charge in [-0.1, -0.05) is 18.2 Å². The van der Waals surface area contributed by atoms with Crippen LogP contribution in [-0.4, -0.2) is 9.91 Å². The number of benzene rings is 2. The van der Waals surface area contributed by atoms with Crippen molar-refractivity contribution in [2.75, 3.05) is 0 Å². The number of aromatic nitrogens is 1. The molecule has 0 aliphatic rings. The fourth-order valence-electron chi connectivity index (χ4n) is 2.12. The number of H-pyrrole nitrogens is 1. The fraction of sp³-hybridized carbons (Fsp3) is 0.0667. The molecule has 0 radical (unpaired) electrons. The number of para-hydroxylation sites is 1. The van der Waals surface area contributed by atoms with E-state index in [1.807, 2.05) is 31.2 Å². The Morgan fingerprint density at radius 3 is 2.43 bits per heavy atom. The Hall–Kier alpha value is -3.02. The van der Waals surface area contributed by atoms with Gasteiger partial charge in [-0.05, 0) is 25.1 Å². The number of non-ortho nitro benzene ring substituents is 1. The lowest BCUT2D eigenvalue weighted by molar-refractivity contribution is -0.384. The molecule has 0 spiro atoms. The highest BCUT2D eigenvalue weighted by Gasteiger charge is 2.06. The summed E-state index contributed by atoms with van der Waals surface area (Å²) >= 11 is 0. The molecule has 1 N–H and O–H groups in total. The first-order valence-corrected chi connectivity index (χ1v) is 6.38. The number of nitro groups is 1. The van der Waals surface area contributed by atoms with Crippen molar-refractivity contribution in [2.45, 2.75) is 6.92 Å². The molecule has 0 saturated carbocycles. The largest absolute Gasteiger partial charge is 0.338 e. The van der Waals surface area contributed by atoms with Crippen LogP contribution in [0.5, 0.6) is 0 Å². The Morgan fingerprint density at radius 1 is 1.05 bits per heavy atom. The number of aromatic amines is 1. The van der Waals surface area contributed by atoms with Crippen molar-refractivity contribution in [3.8, 4) is 0 Å². The number of rotatable bonds is 3. The normalized spacial score (nSPS) is 11.3. The van der Waals surface area contributed by atoms with Crippen molar-refractivity contribution in [2.24, 2.45) is 10.2 Å². The van der Waals surface area contributed by atoms with Crippen LogP contribution in [0.15, 0.2) is 58.8 Å². The average Bonchev–Trinajstić information content (AvgIpc) is 2.82. The highest BCUT2D eigenvalue weighted by Crippen LogP contribution is 2.28. The molecule has 1 aromatic heterocycles. The molecule has 1 heterocycles. The van der Waals surface area contributed by atoms with Gasteiger partial charge in [0.05, 0.1) is 10.6 Å². The SMILES string of the molecule is Cc1c(N=Nc2ccc([N+](=O)[O-])cc2)[nH]c2ccccc12. The summed E-state index contributed by atoms with van der Waals surface area (Å²) in [5.41, 5.74) is 2.64. The fourth-order valence-corrected chi connectivity index (χ4v) is 2.12. The molecule has 0 aliphatic carbocycles. The van der Waals surface area contributed by atoms with Gasteiger partial charge in [0.1, 0.15) is 0 Å². The maximum atomic E-state index is 10.6. The third kappa shape index (κ3) is 2.51. The van der Waals surface area contributed by atoms with E-state index in [1.165, 1.54) is 12.1 Å². The molecule has 6 heteroatoms. The number of azo groups is 1. The molecule has 3 rings (SSSR count). The first-order chi connectivity index (χ1) is 10.1. The highest BCUT2D eigenvalue weighted by atomic mass is 16.6. The van der Waals surface area contributed by atoms with Gasteiger partial charge in [0.25, 0.3) is 5.69 Å². The van der Waals surface area contributed by atoms with Crippen LogP contribution in [0.1, 0.15) is 5.56 Å². The number of hydrogen-bond donors (Lipinski definition) is 1. The first kappa shape index (κ1) is 13.0. The number of aryl methyl sites for hydroxylation is 1. The van der Waals surface area contributed by atoms with E-state index in [4.69, 9.17) is 0 Å². The van der Waals surface area contributed by atoms with Gasteiger partial charge in [-0.2, -0.15) is 0 Å². The van der Waals surface area contributed by atoms with Crippen LogP contribution in [0.4, 0.5) is 17.2 Å². The second-order valence-electron chi connectivity index (χ2n) is 4.62. The van der Waals surface area contributed by atoms with E-state index in [0.29, 0.717) is 11.5 Å². The second kappa shape index (κ2) is 5.16. The van der Waals surface area contributed by atoms with Gasteiger partial charge in [0, 0.05) is 28.6 Å². The molecule has 0 atom stereocenters. The van der Waals surface area contributed by atoms with Crippen molar-refractivity contribution in [1.82, 2.24) is 4.98 Å². The van der Waals surface area contributed by atoms with E-state index in [1.54, 1.807) is 12.1 Å². The summed E-state index contributed by atoms with van der Waals surface area (Å²) in [6.45, 7) is 1.98. The molecule has 0 unspecified atom stereocenters. The predicted octanol–water partition coefficient (Wildman–Crippen LogP) is 4.80. The zero-order chi connectivity index (χ0) is 14.8. The van der Waals surface area contributed by atoms with Crippen molar-refractivity contribution in [3.63, 3.8) is 0 Å². The van der Waals surface area contributed by atoms with E-state index < -0.39 is 4.92 Å². The minimum atomic E-state index is -0.442. The minimum Gasteiger partial charge on any atom is -0.338 e. The Bertz CT molecular complexity index is 835. The summed E-state index contributed by atoms with van der Waals surface area (Å²) in [5.74, 6) is 0.689. The number of nitro benzene ring substituents is 1. The van der Waals surface area contributed by atoms with Crippen molar-refractivity contribution in [1.29, 1.82) is 0 Å². The summed E-state index contributed by atoms with van der Waals surface area (Å²) < 4.78 is 0. The van der Waals surface area contributed by atoms with Gasteiger partial charge >= 0.3 is 0 Å². The smallest absolute Gasteiger partial charge is 0.269 e. The van der Waals surface area contributed by atoms with E-state index >= 15 is 0 Å². The molecule has 0 bridgehead atoms. The molecular formula is C15H12N4O2. The molecule has 104 valence electrons. The summed E-state index contributed by atoms with van der Waals surface area (Å²) in [6.07, 6.45) is 0. The van der Waals surface area contributed by atoms with Gasteiger partial charge in [0.15, 0.2) is 5.82 Å². The number of nitrogens with one attached hydrogen (secondary N) is 1. The third-order valence-corrected chi connectivity index (χ3v) is 3.27. The van der Waals surface area contributed by atoms with Gasteiger partial charge in [-0.25, -0.2) is 0 Å². The van der Waals surface area contributed by atoms with Crippen molar-refractivity contribution >= 4 is 28.1 Å². The quantitative estimate of drug-likeness (QED) is 0.424. The molecule has 3 aromatic rings. The van der Waals surface area contributed by atoms with Crippen LogP contribution in [0.25, 0.3) is 10.9 Å². The van der Waals surface area contributed by atoms with Crippen molar-refractivity contribution in [3.05, 3.63) is 64.2 Å². The number of fused-ring (bicyclic) bond motifs is 1. The molecule has 2 aromatic carbocycles. The summed E-state index contributed by atoms with van der Waals surface area (Å²) in [5, 5.41) is 20.0. The van der Waals surface area contributed by atoms with Gasteiger partial charge in [-0.3, -0.25) is 10.1 Å². The number of nitrogens with zero attached hydrogens (tertiary/aromatic N) is 3. The monoisotopic (exact) mass is 280 g/mol. The van der Waals surface area contributed by atoms with E-state index in [-0.39, 0.29) is 5.69 Å². The lowest BCUT2D eigenvalue weighted by Gasteiger charge is -1.93. The average molecular weight is 280 g/mol. The maximum absolute atomic E-state index is 10.6. The Morgan fingerprint density at radius 2 is 1.76 bits per heavy atom. The summed E-state index contributed by atoms with van der Waals surface area (Å²) in [4.78, 5) is 13.3. The van der Waals surface area contributed by atoms with Crippen molar-refractivity contribution < 1.29 is 4.92 Å². The van der Waals surface area contributed by atoms with Crippen LogP contribution >= 0.6 is 0 Å². The van der Waals surface area contributed by atoms with Crippen LogP contribution in [0.2, 0.25) is 0 Å². The number of hydrogen-bond acceptors (Lipinski definition) is 4. The Labute approximate surface area is 120 Å². The topological polar surface area (TPSA) is 83.7 Å². The Kier molecular flexibility index (Phi) is 3.19. The van der Waals surface area contributed by atoms with Crippen LogP contribution in [-0.2, 0) is 0 Å². The Balaban J connectivity index is 1.90. The second-order valence-corrected chi connectivity index (χ2v) is 4.62. The van der Waals surface area contributed by atoms with E-state index in [2.05, 4.69) is 15.2 Å². The molecule has 0 amide bonds. The lowest BCUT2D eigenvalue weighted by atomic mass is 10.2. The third-order valence-electron chi connectivity index (χ3n) is 3.27. The predicted molar refractivity (Wildman–Crippen MR) is 80.3 cm³/mol. The lowest BCUT2D eigenvalue weighted by Crippen LogP contribution is -1.85. The van der Waals surface area contributed by atoms with Crippen LogP contribution in [0, 0.1) is 17.0 Å². The van der Waals surface area contributed by atoms with Crippen LogP contribution in [0.3, 0.4) is 0 Å². The van der Waals surface area contributed by atoms with E-state index in [0.717, 1.165) is 16.5 Å². The molecule has 0 fully saturated rings. The van der Waals surface area contributed by atoms with E-state index in [9.17, 15) is 10.1 Å². The van der Waals surface area contributed by atoms with Crippen LogP contribution < -0.4 is 0 Å². The van der Waals surface area contributed by atoms with Gasteiger partial charge in [-0.15, -0.1) is 10.2 Å². The van der Waals surface area contributed by atoms with Gasteiger partial charge < -0.3 is 4.98 Å². The molecule has 6 nitrogen and oxygen atoms in total. The zero-order valence-electron chi connectivity index (χ0n) is 11.3.